The first kappa shape index (κ1) is 15.0. The molecule has 0 aliphatic carbocycles. The van der Waals surface area contributed by atoms with Crippen molar-refractivity contribution in [3.8, 4) is 0 Å². The Morgan fingerprint density at radius 1 is 1.09 bits per heavy atom. The lowest BCUT2D eigenvalue weighted by Crippen LogP contribution is -2.32. The lowest BCUT2D eigenvalue weighted by molar-refractivity contribution is -0.394. The second-order valence-corrected chi connectivity index (χ2v) is 4.18. The third kappa shape index (κ3) is 2.72. The highest BCUT2D eigenvalue weighted by Crippen LogP contribution is 2.26. The van der Waals surface area contributed by atoms with E-state index in [-0.39, 0.29) is 17.9 Å². The number of hydrogen-bond donors (Lipinski definition) is 0. The van der Waals surface area contributed by atoms with E-state index in [1.807, 2.05) is 0 Å². The van der Waals surface area contributed by atoms with Gasteiger partial charge in [0.05, 0.1) is 15.9 Å². The monoisotopic (exact) mass is 309 g/mol. The van der Waals surface area contributed by atoms with Crippen LogP contribution in [0.5, 0.6) is 0 Å². The highest BCUT2D eigenvalue weighted by Gasteiger charge is 2.35. The van der Waals surface area contributed by atoms with Crippen molar-refractivity contribution in [3.63, 3.8) is 0 Å². The molecule has 1 saturated heterocycles. The Hall–Kier alpha value is -3.37. The van der Waals surface area contributed by atoms with E-state index >= 15 is 0 Å². The summed E-state index contributed by atoms with van der Waals surface area (Å²) in [6.07, 6.45) is -0.261. The van der Waals surface area contributed by atoms with Crippen molar-refractivity contribution in [2.24, 2.45) is 0 Å². The maximum atomic E-state index is 11.9. The predicted molar refractivity (Wildman–Crippen MR) is 66.3 cm³/mol. The van der Waals surface area contributed by atoms with Gasteiger partial charge < -0.3 is 4.84 Å². The van der Waals surface area contributed by atoms with Crippen LogP contribution in [0.2, 0.25) is 0 Å². The summed E-state index contributed by atoms with van der Waals surface area (Å²) in [6, 6.07) is 2.28. The number of nitro benzene ring substituents is 2. The maximum absolute atomic E-state index is 11.9. The third-order valence-corrected chi connectivity index (χ3v) is 2.79. The molecule has 1 aromatic rings. The highest BCUT2D eigenvalue weighted by molar-refractivity contribution is 6.03. The third-order valence-electron chi connectivity index (χ3n) is 2.79. The Kier molecular flexibility index (Phi) is 3.79. The molecule has 1 aliphatic rings. The van der Waals surface area contributed by atoms with Crippen molar-refractivity contribution in [2.45, 2.75) is 12.8 Å². The summed E-state index contributed by atoms with van der Waals surface area (Å²) < 4.78 is 0. The summed E-state index contributed by atoms with van der Waals surface area (Å²) in [5.74, 6) is -2.82. The van der Waals surface area contributed by atoms with Gasteiger partial charge in [0.1, 0.15) is 5.56 Å². The van der Waals surface area contributed by atoms with Gasteiger partial charge in [-0.2, -0.15) is 0 Å². The van der Waals surface area contributed by atoms with E-state index in [1.165, 1.54) is 0 Å². The Bertz CT molecular complexity index is 697. The first-order chi connectivity index (χ1) is 10.3. The minimum atomic E-state index is -1.33. The lowest BCUT2D eigenvalue weighted by Gasteiger charge is -2.12. The van der Waals surface area contributed by atoms with E-state index in [9.17, 15) is 34.6 Å². The van der Waals surface area contributed by atoms with Gasteiger partial charge in [-0.05, 0) is 6.07 Å². The molecule has 2 rings (SSSR count). The molecule has 0 bridgehead atoms. The van der Waals surface area contributed by atoms with Gasteiger partial charge in [-0.3, -0.25) is 29.8 Å². The summed E-state index contributed by atoms with van der Waals surface area (Å²) in [7, 11) is 0. The summed E-state index contributed by atoms with van der Waals surface area (Å²) >= 11 is 0. The van der Waals surface area contributed by atoms with E-state index in [2.05, 4.69) is 4.84 Å². The van der Waals surface area contributed by atoms with E-state index in [0.29, 0.717) is 6.07 Å². The van der Waals surface area contributed by atoms with Crippen molar-refractivity contribution in [1.82, 2.24) is 5.06 Å². The molecular weight excluding hydrogens is 302 g/mol. The van der Waals surface area contributed by atoms with Gasteiger partial charge >= 0.3 is 5.97 Å². The lowest BCUT2D eigenvalue weighted by atomic mass is 10.1. The van der Waals surface area contributed by atoms with Crippen molar-refractivity contribution in [2.75, 3.05) is 0 Å². The first-order valence-electron chi connectivity index (χ1n) is 5.82. The van der Waals surface area contributed by atoms with Crippen LogP contribution in [0.4, 0.5) is 11.4 Å². The second-order valence-electron chi connectivity index (χ2n) is 4.18. The van der Waals surface area contributed by atoms with Gasteiger partial charge in [0.15, 0.2) is 0 Å². The number of hydroxylamine groups is 2. The highest BCUT2D eigenvalue weighted by atomic mass is 16.7. The SMILES string of the molecule is O=C(ON1C(=O)CCC1=O)c1ccc([N+](=O)[O-])cc1[N+](=O)[O-]. The molecule has 11 nitrogen and oxygen atoms in total. The molecule has 2 amide bonds. The zero-order valence-electron chi connectivity index (χ0n) is 10.8. The number of nitrogens with zero attached hydrogens (tertiary/aromatic N) is 3. The second kappa shape index (κ2) is 5.55. The van der Waals surface area contributed by atoms with Crippen molar-refractivity contribution in [3.05, 3.63) is 44.0 Å². The Morgan fingerprint density at radius 3 is 2.18 bits per heavy atom. The quantitative estimate of drug-likeness (QED) is 0.448. The number of benzene rings is 1. The number of imide groups is 1. The average molecular weight is 309 g/mol. The van der Waals surface area contributed by atoms with Gasteiger partial charge in [-0.25, -0.2) is 4.79 Å². The zero-order chi connectivity index (χ0) is 16.4. The largest absolute Gasteiger partial charge is 0.370 e. The van der Waals surface area contributed by atoms with Crippen LogP contribution >= 0.6 is 0 Å². The number of amides is 2. The topological polar surface area (TPSA) is 150 Å². The molecule has 114 valence electrons. The molecule has 22 heavy (non-hydrogen) atoms. The van der Waals surface area contributed by atoms with Crippen LogP contribution in [-0.2, 0) is 14.4 Å². The van der Waals surface area contributed by atoms with Gasteiger partial charge in [-0.15, -0.1) is 5.06 Å². The fourth-order valence-corrected chi connectivity index (χ4v) is 1.75. The van der Waals surface area contributed by atoms with E-state index in [1.54, 1.807) is 0 Å². The number of carbonyl (C=O) groups excluding carboxylic acids is 3. The van der Waals surface area contributed by atoms with Gasteiger partial charge in [0.2, 0.25) is 0 Å². The van der Waals surface area contributed by atoms with Gasteiger partial charge in [0.25, 0.3) is 23.2 Å². The van der Waals surface area contributed by atoms with Crippen molar-refractivity contribution >= 4 is 29.2 Å². The van der Waals surface area contributed by atoms with E-state index in [4.69, 9.17) is 0 Å². The van der Waals surface area contributed by atoms with Crippen LogP contribution in [0.1, 0.15) is 23.2 Å². The number of non-ortho nitro benzene ring substituents is 1. The fourth-order valence-electron chi connectivity index (χ4n) is 1.75. The Labute approximate surface area is 121 Å². The normalized spacial score (nSPS) is 14.1. The summed E-state index contributed by atoms with van der Waals surface area (Å²) in [6.45, 7) is 0. The molecule has 11 heteroatoms. The zero-order valence-corrected chi connectivity index (χ0v) is 10.8. The van der Waals surface area contributed by atoms with Gasteiger partial charge in [0, 0.05) is 18.9 Å². The minimum absolute atomic E-state index is 0.130. The average Bonchev–Trinajstić information content (AvgIpc) is 2.78. The molecule has 0 unspecified atom stereocenters. The van der Waals surface area contributed by atoms with Crippen LogP contribution in [0.15, 0.2) is 18.2 Å². The Balaban J connectivity index is 2.33. The summed E-state index contributed by atoms with van der Waals surface area (Å²) in [5.41, 5.74) is -2.06. The molecular formula is C11H7N3O8. The van der Waals surface area contributed by atoms with Crippen LogP contribution in [-0.4, -0.2) is 32.7 Å². The summed E-state index contributed by atoms with van der Waals surface area (Å²) in [4.78, 5) is 58.6. The number of rotatable bonds is 4. The minimum Gasteiger partial charge on any atom is -0.325 e. The van der Waals surface area contributed by atoms with Crippen LogP contribution in [0.3, 0.4) is 0 Å². The first-order valence-corrected chi connectivity index (χ1v) is 5.82. The van der Waals surface area contributed by atoms with Crippen LogP contribution in [0.25, 0.3) is 0 Å². The molecule has 1 heterocycles. The molecule has 0 N–H and O–H groups in total. The maximum Gasteiger partial charge on any atom is 0.370 e. The molecule has 0 atom stereocenters. The molecule has 1 aromatic carbocycles. The molecule has 1 aliphatic heterocycles. The molecule has 0 spiro atoms. The molecule has 0 saturated carbocycles. The van der Waals surface area contributed by atoms with Gasteiger partial charge in [-0.1, -0.05) is 0 Å². The van der Waals surface area contributed by atoms with Crippen molar-refractivity contribution in [1.29, 1.82) is 0 Å². The van der Waals surface area contributed by atoms with Crippen LogP contribution < -0.4 is 0 Å². The standard InChI is InChI=1S/C11H7N3O8/c15-9-3-4-10(16)12(9)22-11(17)7-2-1-6(13(18)19)5-8(7)14(20)21/h1-2,5H,3-4H2. The number of nitro groups is 2. The number of carbonyl (C=O) groups is 3. The van der Waals surface area contributed by atoms with Crippen molar-refractivity contribution < 1.29 is 29.1 Å². The molecule has 1 fully saturated rings. The van der Waals surface area contributed by atoms with E-state index < -0.39 is 44.6 Å². The fraction of sp³-hybridized carbons (Fsp3) is 0.182. The smallest absolute Gasteiger partial charge is 0.325 e. The predicted octanol–water partition coefficient (Wildman–Crippen LogP) is 0.724. The van der Waals surface area contributed by atoms with Crippen LogP contribution in [0, 0.1) is 20.2 Å². The summed E-state index contributed by atoms with van der Waals surface area (Å²) in [5, 5.41) is 21.7. The Morgan fingerprint density at radius 2 is 1.68 bits per heavy atom. The molecule has 0 radical (unpaired) electrons. The van der Waals surface area contributed by atoms with E-state index in [0.717, 1.165) is 12.1 Å². The number of hydrogen-bond acceptors (Lipinski definition) is 8. The molecule has 0 aromatic heterocycles.